The highest BCUT2D eigenvalue weighted by molar-refractivity contribution is 6.27. The molecule has 0 aromatic heterocycles. The Balaban J connectivity index is 2.99. The van der Waals surface area contributed by atoms with Crippen LogP contribution in [-0.4, -0.2) is 24.7 Å². The highest BCUT2D eigenvalue weighted by Gasteiger charge is 2.12. The fourth-order valence-electron chi connectivity index (χ4n) is 1.66. The van der Waals surface area contributed by atoms with Crippen LogP contribution < -0.4 is 0 Å². The Kier molecular flexibility index (Phi) is 5.16. The Morgan fingerprint density at radius 3 is 2.59 bits per heavy atom. The number of Topliss-reactive ketones (excluding diaryl/α,β-unsaturated/α-hetero) is 1. The van der Waals surface area contributed by atoms with E-state index in [1.165, 1.54) is 7.11 Å². The number of esters is 1. The molecule has 0 spiro atoms. The van der Waals surface area contributed by atoms with Gasteiger partial charge in [0, 0.05) is 6.42 Å². The van der Waals surface area contributed by atoms with Gasteiger partial charge in [-0.1, -0.05) is 18.2 Å². The molecular weight excluding hydrogens is 240 g/mol. The van der Waals surface area contributed by atoms with Gasteiger partial charge in [-0.05, 0) is 23.6 Å². The number of rotatable bonds is 5. The molecule has 0 bridgehead atoms. The largest absolute Gasteiger partial charge is 0.469 e. The molecule has 0 saturated carbocycles. The number of carbonyl (C=O) groups is 2. The zero-order valence-electron chi connectivity index (χ0n) is 9.96. The van der Waals surface area contributed by atoms with Crippen molar-refractivity contribution in [1.82, 2.24) is 0 Å². The van der Waals surface area contributed by atoms with Crippen molar-refractivity contribution < 1.29 is 14.3 Å². The van der Waals surface area contributed by atoms with Gasteiger partial charge in [0.05, 0.1) is 19.4 Å². The van der Waals surface area contributed by atoms with Crippen LogP contribution in [0.1, 0.15) is 16.7 Å². The van der Waals surface area contributed by atoms with Crippen molar-refractivity contribution in [3.63, 3.8) is 0 Å². The number of ether oxygens (including phenoxy) is 1. The maximum Gasteiger partial charge on any atom is 0.309 e. The molecule has 4 heteroatoms. The Morgan fingerprint density at radius 1 is 1.29 bits per heavy atom. The van der Waals surface area contributed by atoms with Gasteiger partial charge in [0.25, 0.3) is 0 Å². The zero-order valence-corrected chi connectivity index (χ0v) is 10.7. The van der Waals surface area contributed by atoms with E-state index in [-0.39, 0.29) is 30.5 Å². The molecule has 1 aromatic rings. The van der Waals surface area contributed by atoms with Gasteiger partial charge in [0.15, 0.2) is 5.78 Å². The van der Waals surface area contributed by atoms with Crippen molar-refractivity contribution in [2.75, 3.05) is 13.0 Å². The molecule has 1 aromatic carbocycles. The minimum absolute atomic E-state index is 0.00833. The first-order valence-electron chi connectivity index (χ1n) is 5.30. The first kappa shape index (κ1) is 13.7. The summed E-state index contributed by atoms with van der Waals surface area (Å²) >= 11 is 5.49. The second-order valence-corrected chi connectivity index (χ2v) is 4.08. The van der Waals surface area contributed by atoms with Crippen LogP contribution in [0.3, 0.4) is 0 Å². The van der Waals surface area contributed by atoms with Crippen LogP contribution >= 0.6 is 11.6 Å². The van der Waals surface area contributed by atoms with Crippen molar-refractivity contribution in [2.24, 2.45) is 0 Å². The number of aryl methyl sites for hydroxylation is 1. The summed E-state index contributed by atoms with van der Waals surface area (Å²) in [6.45, 7) is 1.91. The number of hydrogen-bond acceptors (Lipinski definition) is 3. The number of methoxy groups -OCH3 is 1. The summed E-state index contributed by atoms with van der Waals surface area (Å²) in [6.07, 6.45) is 0.450. The number of alkyl halides is 1. The predicted octanol–water partition coefficient (Wildman–Crippen LogP) is 2.06. The topological polar surface area (TPSA) is 43.4 Å². The maximum atomic E-state index is 11.4. The van der Waals surface area contributed by atoms with Crippen molar-refractivity contribution in [3.05, 3.63) is 34.9 Å². The minimum Gasteiger partial charge on any atom is -0.469 e. The average molecular weight is 255 g/mol. The van der Waals surface area contributed by atoms with E-state index < -0.39 is 0 Å². The molecule has 0 N–H and O–H groups in total. The highest BCUT2D eigenvalue weighted by atomic mass is 35.5. The lowest BCUT2D eigenvalue weighted by atomic mass is 9.96. The van der Waals surface area contributed by atoms with E-state index in [9.17, 15) is 9.59 Å². The summed E-state index contributed by atoms with van der Waals surface area (Å²) in [4.78, 5) is 22.7. The first-order chi connectivity index (χ1) is 8.08. The smallest absolute Gasteiger partial charge is 0.309 e. The third-order valence-corrected chi connectivity index (χ3v) is 2.89. The van der Waals surface area contributed by atoms with Gasteiger partial charge in [-0.3, -0.25) is 9.59 Å². The van der Waals surface area contributed by atoms with Crippen LogP contribution in [0.2, 0.25) is 0 Å². The van der Waals surface area contributed by atoms with Crippen LogP contribution in [0, 0.1) is 6.92 Å². The lowest BCUT2D eigenvalue weighted by Crippen LogP contribution is -2.12. The van der Waals surface area contributed by atoms with Gasteiger partial charge in [0.2, 0.25) is 0 Å². The van der Waals surface area contributed by atoms with E-state index >= 15 is 0 Å². The standard InChI is InChI=1S/C13H15ClO3/c1-9-4-3-5-10(6-11(15)8-14)12(9)7-13(16)17-2/h3-5H,6-8H2,1-2H3. The highest BCUT2D eigenvalue weighted by Crippen LogP contribution is 2.16. The second-order valence-electron chi connectivity index (χ2n) is 3.81. The summed E-state index contributed by atoms with van der Waals surface area (Å²) in [5.74, 6) is -0.367. The van der Waals surface area contributed by atoms with E-state index in [2.05, 4.69) is 4.74 Å². The predicted molar refractivity (Wildman–Crippen MR) is 66.3 cm³/mol. The van der Waals surface area contributed by atoms with Gasteiger partial charge >= 0.3 is 5.97 Å². The van der Waals surface area contributed by atoms with Gasteiger partial charge in [-0.15, -0.1) is 11.6 Å². The molecule has 0 fully saturated rings. The molecule has 3 nitrogen and oxygen atoms in total. The third kappa shape index (κ3) is 3.86. The second kappa shape index (κ2) is 6.40. The normalized spacial score (nSPS) is 10.1. The SMILES string of the molecule is COC(=O)Cc1c(C)cccc1CC(=O)CCl. The number of ketones is 1. The molecule has 1 rings (SSSR count). The molecule has 0 atom stereocenters. The molecule has 0 saturated heterocycles. The Morgan fingerprint density at radius 2 is 2.00 bits per heavy atom. The van der Waals surface area contributed by atoms with E-state index in [1.54, 1.807) is 0 Å². The van der Waals surface area contributed by atoms with E-state index in [1.807, 2.05) is 25.1 Å². The molecule has 0 aliphatic heterocycles. The van der Waals surface area contributed by atoms with E-state index in [0.717, 1.165) is 16.7 Å². The van der Waals surface area contributed by atoms with Gasteiger partial charge < -0.3 is 4.74 Å². The number of halogens is 1. The van der Waals surface area contributed by atoms with Crippen LogP contribution in [-0.2, 0) is 27.2 Å². The molecule has 17 heavy (non-hydrogen) atoms. The van der Waals surface area contributed by atoms with Crippen molar-refractivity contribution in [1.29, 1.82) is 0 Å². The lowest BCUT2D eigenvalue weighted by molar-refractivity contribution is -0.139. The monoisotopic (exact) mass is 254 g/mol. The summed E-state index contributed by atoms with van der Waals surface area (Å²) in [6, 6.07) is 5.62. The van der Waals surface area contributed by atoms with Crippen LogP contribution in [0.5, 0.6) is 0 Å². The van der Waals surface area contributed by atoms with E-state index in [0.29, 0.717) is 0 Å². The van der Waals surface area contributed by atoms with E-state index in [4.69, 9.17) is 11.6 Å². The van der Waals surface area contributed by atoms with Crippen LogP contribution in [0.4, 0.5) is 0 Å². The Hall–Kier alpha value is -1.35. The average Bonchev–Trinajstić information content (AvgIpc) is 2.33. The summed E-state index contributed by atoms with van der Waals surface area (Å²) in [7, 11) is 1.35. The van der Waals surface area contributed by atoms with Crippen molar-refractivity contribution in [2.45, 2.75) is 19.8 Å². The number of carbonyl (C=O) groups excluding carboxylic acids is 2. The Bertz CT molecular complexity index is 427. The molecule has 0 aliphatic carbocycles. The summed E-state index contributed by atoms with van der Waals surface area (Å²) < 4.78 is 4.65. The van der Waals surface area contributed by atoms with Crippen molar-refractivity contribution >= 4 is 23.4 Å². The summed E-state index contributed by atoms with van der Waals surface area (Å²) in [5.41, 5.74) is 2.69. The molecular formula is C13H15ClO3. The van der Waals surface area contributed by atoms with Crippen LogP contribution in [0.15, 0.2) is 18.2 Å². The van der Waals surface area contributed by atoms with Crippen molar-refractivity contribution in [3.8, 4) is 0 Å². The molecule has 0 amide bonds. The lowest BCUT2D eigenvalue weighted by Gasteiger charge is -2.10. The summed E-state index contributed by atoms with van der Waals surface area (Å²) in [5, 5.41) is 0. The molecule has 0 radical (unpaired) electrons. The molecule has 0 unspecified atom stereocenters. The van der Waals surface area contributed by atoms with Crippen LogP contribution in [0.25, 0.3) is 0 Å². The number of hydrogen-bond donors (Lipinski definition) is 0. The van der Waals surface area contributed by atoms with Gasteiger partial charge in [-0.25, -0.2) is 0 Å². The molecule has 0 heterocycles. The quantitative estimate of drug-likeness (QED) is 0.597. The fourth-order valence-corrected chi connectivity index (χ4v) is 1.75. The molecule has 92 valence electrons. The van der Waals surface area contributed by atoms with Gasteiger partial charge in [-0.2, -0.15) is 0 Å². The zero-order chi connectivity index (χ0) is 12.8. The molecule has 0 aliphatic rings. The van der Waals surface area contributed by atoms with Gasteiger partial charge in [0.1, 0.15) is 0 Å². The number of benzene rings is 1. The third-order valence-electron chi connectivity index (χ3n) is 2.59. The Labute approximate surface area is 106 Å². The fraction of sp³-hybridized carbons (Fsp3) is 0.385. The first-order valence-corrected chi connectivity index (χ1v) is 5.83. The maximum absolute atomic E-state index is 11.4. The minimum atomic E-state index is -0.307.